The van der Waals surface area contributed by atoms with Crippen molar-refractivity contribution in [2.75, 3.05) is 13.7 Å². The molecular formula is C18H18N2O2S. The summed E-state index contributed by atoms with van der Waals surface area (Å²) in [7, 11) is 1.68. The lowest BCUT2D eigenvalue weighted by Crippen LogP contribution is -2.02. The molecule has 0 spiro atoms. The summed E-state index contributed by atoms with van der Waals surface area (Å²) in [5.41, 5.74) is 1.95. The number of aromatic nitrogens is 2. The van der Waals surface area contributed by atoms with Crippen molar-refractivity contribution in [3.63, 3.8) is 0 Å². The number of fused-ring (bicyclic) bond motifs is 1. The molecule has 118 valence electrons. The monoisotopic (exact) mass is 326 g/mol. The largest absolute Gasteiger partial charge is 0.493 e. The van der Waals surface area contributed by atoms with Crippen LogP contribution in [0.25, 0.3) is 17.1 Å². The standard InChI is InChI=1S/C18H18N2O2S/c1-21-16-4-2-3-14(17(16)22-12-13-5-6-13)7-8-15-11-20-9-10-23-18(20)19-15/h2-4,7-11,13H,5-6,12H2,1H3/b8-7+. The smallest absolute Gasteiger partial charge is 0.194 e. The average Bonchev–Trinajstić information content (AvgIpc) is 3.16. The summed E-state index contributed by atoms with van der Waals surface area (Å²) >= 11 is 1.63. The molecule has 0 amide bonds. The maximum absolute atomic E-state index is 6.02. The second-order valence-corrected chi connectivity index (χ2v) is 6.60. The number of rotatable bonds is 6. The molecule has 1 aromatic carbocycles. The molecule has 23 heavy (non-hydrogen) atoms. The van der Waals surface area contributed by atoms with Gasteiger partial charge in [0.05, 0.1) is 19.4 Å². The van der Waals surface area contributed by atoms with E-state index < -0.39 is 0 Å². The quantitative estimate of drug-likeness (QED) is 0.675. The van der Waals surface area contributed by atoms with Crippen LogP contribution in [-0.4, -0.2) is 23.1 Å². The fourth-order valence-electron chi connectivity index (χ4n) is 2.47. The number of ether oxygens (including phenoxy) is 2. The van der Waals surface area contributed by atoms with E-state index in [1.54, 1.807) is 18.4 Å². The predicted molar refractivity (Wildman–Crippen MR) is 93.2 cm³/mol. The molecule has 1 aliphatic carbocycles. The Morgan fingerprint density at radius 3 is 3.04 bits per heavy atom. The lowest BCUT2D eigenvalue weighted by atomic mass is 10.1. The summed E-state index contributed by atoms with van der Waals surface area (Å²) in [6.07, 6.45) is 10.6. The Kier molecular flexibility index (Phi) is 3.79. The summed E-state index contributed by atoms with van der Waals surface area (Å²) in [6.45, 7) is 0.765. The predicted octanol–water partition coefficient (Wildman–Crippen LogP) is 4.36. The van der Waals surface area contributed by atoms with Gasteiger partial charge in [0.2, 0.25) is 0 Å². The minimum Gasteiger partial charge on any atom is -0.493 e. The zero-order valence-electron chi connectivity index (χ0n) is 12.9. The highest BCUT2D eigenvalue weighted by Gasteiger charge is 2.23. The van der Waals surface area contributed by atoms with Crippen LogP contribution in [0.5, 0.6) is 11.5 Å². The maximum Gasteiger partial charge on any atom is 0.194 e. The summed E-state index contributed by atoms with van der Waals surface area (Å²) in [4.78, 5) is 5.57. The number of hydrogen-bond donors (Lipinski definition) is 0. The first-order valence-electron chi connectivity index (χ1n) is 7.73. The van der Waals surface area contributed by atoms with E-state index >= 15 is 0 Å². The van der Waals surface area contributed by atoms with Crippen LogP contribution in [0.4, 0.5) is 0 Å². The van der Waals surface area contributed by atoms with Crippen LogP contribution in [0.1, 0.15) is 24.1 Å². The lowest BCUT2D eigenvalue weighted by Gasteiger charge is -2.13. The number of nitrogens with zero attached hydrogens (tertiary/aromatic N) is 2. The Balaban J connectivity index is 1.60. The van der Waals surface area contributed by atoms with Crippen LogP contribution in [0.15, 0.2) is 36.0 Å². The van der Waals surface area contributed by atoms with E-state index in [2.05, 4.69) is 4.98 Å². The highest BCUT2D eigenvalue weighted by molar-refractivity contribution is 7.15. The zero-order valence-corrected chi connectivity index (χ0v) is 13.8. The van der Waals surface area contributed by atoms with E-state index in [-0.39, 0.29) is 0 Å². The number of imidazole rings is 1. The van der Waals surface area contributed by atoms with Gasteiger partial charge in [-0.15, -0.1) is 11.3 Å². The van der Waals surface area contributed by atoms with Crippen molar-refractivity contribution in [1.82, 2.24) is 9.38 Å². The van der Waals surface area contributed by atoms with Crippen LogP contribution in [-0.2, 0) is 0 Å². The van der Waals surface area contributed by atoms with Crippen molar-refractivity contribution in [1.29, 1.82) is 0 Å². The summed E-state index contributed by atoms with van der Waals surface area (Å²) in [5.74, 6) is 2.30. The van der Waals surface area contributed by atoms with Crippen molar-refractivity contribution >= 4 is 28.4 Å². The van der Waals surface area contributed by atoms with Crippen LogP contribution in [0, 0.1) is 5.92 Å². The van der Waals surface area contributed by atoms with Gasteiger partial charge in [0.25, 0.3) is 0 Å². The van der Waals surface area contributed by atoms with Crippen LogP contribution in [0.2, 0.25) is 0 Å². The molecule has 0 aliphatic heterocycles. The Labute approximate surface area is 139 Å². The van der Waals surface area contributed by atoms with Gasteiger partial charge in [-0.25, -0.2) is 4.98 Å². The van der Waals surface area contributed by atoms with E-state index in [1.165, 1.54) is 12.8 Å². The first-order chi connectivity index (χ1) is 11.3. The highest BCUT2D eigenvalue weighted by atomic mass is 32.1. The molecule has 0 unspecified atom stereocenters. The molecule has 0 atom stereocenters. The molecule has 2 heterocycles. The second-order valence-electron chi connectivity index (χ2n) is 5.72. The molecular weight excluding hydrogens is 308 g/mol. The van der Waals surface area contributed by atoms with Crippen LogP contribution in [0.3, 0.4) is 0 Å². The number of benzene rings is 1. The molecule has 1 fully saturated rings. The second kappa shape index (κ2) is 6.08. The normalized spacial score (nSPS) is 14.7. The Bertz CT molecular complexity index is 817. The van der Waals surface area contributed by atoms with E-state index in [0.29, 0.717) is 5.92 Å². The zero-order chi connectivity index (χ0) is 15.6. The number of thiazole rings is 1. The number of para-hydroxylation sites is 1. The molecule has 4 nitrogen and oxygen atoms in total. The maximum atomic E-state index is 6.02. The van der Waals surface area contributed by atoms with Gasteiger partial charge < -0.3 is 9.47 Å². The van der Waals surface area contributed by atoms with E-state index in [1.807, 2.05) is 52.5 Å². The Morgan fingerprint density at radius 1 is 1.35 bits per heavy atom. The number of hydrogen-bond acceptors (Lipinski definition) is 4. The molecule has 4 rings (SSSR count). The Morgan fingerprint density at radius 2 is 2.26 bits per heavy atom. The third-order valence-corrected chi connectivity index (χ3v) is 4.71. The molecule has 1 saturated carbocycles. The molecule has 0 radical (unpaired) electrons. The third-order valence-electron chi connectivity index (χ3n) is 3.94. The Hall–Kier alpha value is -2.27. The average molecular weight is 326 g/mol. The molecule has 0 saturated heterocycles. The van der Waals surface area contributed by atoms with Crippen molar-refractivity contribution in [2.45, 2.75) is 12.8 Å². The topological polar surface area (TPSA) is 35.8 Å². The van der Waals surface area contributed by atoms with Gasteiger partial charge in [-0.1, -0.05) is 12.1 Å². The van der Waals surface area contributed by atoms with Gasteiger partial charge in [-0.3, -0.25) is 4.40 Å². The fourth-order valence-corrected chi connectivity index (χ4v) is 3.17. The van der Waals surface area contributed by atoms with Crippen molar-refractivity contribution in [2.24, 2.45) is 5.92 Å². The highest BCUT2D eigenvalue weighted by Crippen LogP contribution is 2.35. The van der Waals surface area contributed by atoms with Gasteiger partial charge in [0.15, 0.2) is 16.5 Å². The van der Waals surface area contributed by atoms with Crippen LogP contribution >= 0.6 is 11.3 Å². The first kappa shape index (κ1) is 14.3. The van der Waals surface area contributed by atoms with Crippen LogP contribution < -0.4 is 9.47 Å². The molecule has 2 aromatic heterocycles. The van der Waals surface area contributed by atoms with Gasteiger partial charge in [0, 0.05) is 23.3 Å². The SMILES string of the molecule is COc1cccc(/C=C/c2cn3ccsc3n2)c1OCC1CC1. The van der Waals surface area contributed by atoms with Gasteiger partial charge in [-0.2, -0.15) is 0 Å². The number of methoxy groups -OCH3 is 1. The summed E-state index contributed by atoms with van der Waals surface area (Å²) < 4.78 is 13.5. The van der Waals surface area contributed by atoms with Gasteiger partial charge >= 0.3 is 0 Å². The summed E-state index contributed by atoms with van der Waals surface area (Å²) in [5, 5.41) is 2.03. The fraction of sp³-hybridized carbons (Fsp3) is 0.278. The summed E-state index contributed by atoms with van der Waals surface area (Å²) in [6, 6.07) is 5.96. The molecule has 0 bridgehead atoms. The molecule has 5 heteroatoms. The van der Waals surface area contributed by atoms with Crippen molar-refractivity contribution in [3.8, 4) is 11.5 Å². The van der Waals surface area contributed by atoms with Crippen molar-refractivity contribution in [3.05, 3.63) is 47.2 Å². The first-order valence-corrected chi connectivity index (χ1v) is 8.61. The van der Waals surface area contributed by atoms with E-state index in [4.69, 9.17) is 9.47 Å². The van der Waals surface area contributed by atoms with Crippen molar-refractivity contribution < 1.29 is 9.47 Å². The molecule has 0 N–H and O–H groups in total. The van der Waals surface area contributed by atoms with E-state index in [9.17, 15) is 0 Å². The van der Waals surface area contributed by atoms with E-state index in [0.717, 1.165) is 34.3 Å². The van der Waals surface area contributed by atoms with Gasteiger partial charge in [0.1, 0.15) is 0 Å². The minimum absolute atomic E-state index is 0.705. The third kappa shape index (κ3) is 3.10. The minimum atomic E-state index is 0.705. The lowest BCUT2D eigenvalue weighted by molar-refractivity contribution is 0.280. The molecule has 3 aromatic rings. The van der Waals surface area contributed by atoms with Gasteiger partial charge in [-0.05, 0) is 37.0 Å². The molecule has 1 aliphatic rings.